The van der Waals surface area contributed by atoms with Gasteiger partial charge in [-0.1, -0.05) is 40.9 Å². The van der Waals surface area contributed by atoms with Crippen LogP contribution in [0.1, 0.15) is 17.4 Å². The summed E-state index contributed by atoms with van der Waals surface area (Å²) in [5.74, 6) is 0.777. The molecule has 0 aliphatic rings. The van der Waals surface area contributed by atoms with E-state index in [1.165, 1.54) is 0 Å². The van der Waals surface area contributed by atoms with Crippen molar-refractivity contribution in [2.75, 3.05) is 7.05 Å². The molecule has 1 N–H and O–H groups in total. The first-order chi connectivity index (χ1) is 10.1. The van der Waals surface area contributed by atoms with Crippen molar-refractivity contribution in [1.82, 2.24) is 5.32 Å². The van der Waals surface area contributed by atoms with Gasteiger partial charge in [0, 0.05) is 20.5 Å². The Morgan fingerprint density at radius 3 is 2.38 bits per heavy atom. The van der Waals surface area contributed by atoms with Gasteiger partial charge in [0.2, 0.25) is 0 Å². The molecule has 1 heterocycles. The molecule has 21 heavy (non-hydrogen) atoms. The van der Waals surface area contributed by atoms with Gasteiger partial charge < -0.3 is 9.73 Å². The second-order valence-electron chi connectivity index (χ2n) is 4.72. The quantitative estimate of drug-likeness (QED) is 0.661. The zero-order valence-corrected chi connectivity index (χ0v) is 13.4. The summed E-state index contributed by atoms with van der Waals surface area (Å²) in [5.41, 5.74) is 1.70. The summed E-state index contributed by atoms with van der Waals surface area (Å²) in [6.07, 6.45) is 0. The molecule has 1 unspecified atom stereocenters. The molecule has 2 nitrogen and oxygen atoms in total. The lowest BCUT2D eigenvalue weighted by molar-refractivity contribution is 0.492. The maximum absolute atomic E-state index is 6.29. The molecule has 0 fully saturated rings. The number of fused-ring (bicyclic) bond motifs is 1. The first-order valence-electron chi connectivity index (χ1n) is 6.39. The average Bonchev–Trinajstić information content (AvgIpc) is 2.84. The minimum atomic E-state index is -0.152. The highest BCUT2D eigenvalue weighted by Gasteiger charge is 2.19. The van der Waals surface area contributed by atoms with Gasteiger partial charge in [-0.2, -0.15) is 0 Å². The van der Waals surface area contributed by atoms with E-state index < -0.39 is 0 Å². The van der Waals surface area contributed by atoms with E-state index in [1.54, 1.807) is 12.1 Å². The highest BCUT2D eigenvalue weighted by molar-refractivity contribution is 6.35. The minimum absolute atomic E-state index is 0.152. The largest absolute Gasteiger partial charge is 0.459 e. The average molecular weight is 341 g/mol. The van der Waals surface area contributed by atoms with Gasteiger partial charge in [0.25, 0.3) is 0 Å². The van der Waals surface area contributed by atoms with Gasteiger partial charge in [-0.25, -0.2) is 0 Å². The Labute approximate surface area is 137 Å². The van der Waals surface area contributed by atoms with Crippen molar-refractivity contribution in [2.24, 2.45) is 0 Å². The van der Waals surface area contributed by atoms with Gasteiger partial charge in [-0.3, -0.25) is 0 Å². The van der Waals surface area contributed by atoms with Crippen LogP contribution in [-0.2, 0) is 0 Å². The second kappa shape index (κ2) is 5.90. The Kier molecular flexibility index (Phi) is 4.14. The second-order valence-corrected chi connectivity index (χ2v) is 6.00. The fourth-order valence-corrected chi connectivity index (χ4v) is 3.06. The molecule has 0 radical (unpaired) electrons. The zero-order valence-electron chi connectivity index (χ0n) is 11.2. The van der Waals surface area contributed by atoms with Crippen LogP contribution in [0.4, 0.5) is 0 Å². The molecule has 1 atom stereocenters. The summed E-state index contributed by atoms with van der Waals surface area (Å²) in [4.78, 5) is 0. The summed E-state index contributed by atoms with van der Waals surface area (Å²) < 4.78 is 5.90. The molecular formula is C16H12Cl3NO. The van der Waals surface area contributed by atoms with Crippen molar-refractivity contribution < 1.29 is 4.42 Å². The van der Waals surface area contributed by atoms with Crippen molar-refractivity contribution >= 4 is 45.8 Å². The molecule has 2 aromatic carbocycles. The van der Waals surface area contributed by atoms with Crippen molar-refractivity contribution in [2.45, 2.75) is 6.04 Å². The molecule has 1 aromatic heterocycles. The van der Waals surface area contributed by atoms with Crippen LogP contribution in [0.25, 0.3) is 11.0 Å². The van der Waals surface area contributed by atoms with Crippen molar-refractivity contribution in [3.05, 3.63) is 68.9 Å². The first-order valence-corrected chi connectivity index (χ1v) is 7.53. The fraction of sp³-hybridized carbons (Fsp3) is 0.125. The van der Waals surface area contributed by atoms with Crippen LogP contribution in [0.15, 0.2) is 46.9 Å². The van der Waals surface area contributed by atoms with Gasteiger partial charge in [-0.05, 0) is 49.0 Å². The third-order valence-corrected chi connectivity index (χ3v) is 4.14. The van der Waals surface area contributed by atoms with Crippen LogP contribution in [0.5, 0.6) is 0 Å². The molecule has 0 spiro atoms. The van der Waals surface area contributed by atoms with Crippen LogP contribution in [-0.4, -0.2) is 7.05 Å². The SMILES string of the molecule is CNC(c1cc2cc(Cl)ccc2o1)c1ccc(Cl)cc1Cl. The van der Waals surface area contributed by atoms with Gasteiger partial charge in [0.15, 0.2) is 0 Å². The lowest BCUT2D eigenvalue weighted by atomic mass is 10.0. The molecule has 0 amide bonds. The molecule has 0 aliphatic carbocycles. The molecular weight excluding hydrogens is 329 g/mol. The predicted octanol–water partition coefficient (Wildman–Crippen LogP) is 5.70. The van der Waals surface area contributed by atoms with Gasteiger partial charge in [-0.15, -0.1) is 0 Å². The number of halogens is 3. The predicted molar refractivity (Wildman–Crippen MR) is 88.6 cm³/mol. The Bertz CT molecular complexity index is 797. The number of rotatable bonds is 3. The van der Waals surface area contributed by atoms with Crippen LogP contribution in [0, 0.1) is 0 Å². The Hall–Kier alpha value is -1.19. The molecule has 0 aliphatic heterocycles. The van der Waals surface area contributed by atoms with E-state index in [2.05, 4.69) is 5.32 Å². The summed E-state index contributed by atoms with van der Waals surface area (Å²) >= 11 is 18.2. The van der Waals surface area contributed by atoms with Gasteiger partial charge in [0.05, 0.1) is 6.04 Å². The molecule has 3 aromatic rings. The van der Waals surface area contributed by atoms with E-state index in [9.17, 15) is 0 Å². The number of hydrogen-bond donors (Lipinski definition) is 1. The lowest BCUT2D eigenvalue weighted by Crippen LogP contribution is -2.17. The number of benzene rings is 2. The van der Waals surface area contributed by atoms with E-state index >= 15 is 0 Å². The first kappa shape index (κ1) is 14.7. The summed E-state index contributed by atoms with van der Waals surface area (Å²) in [6, 6.07) is 12.8. The smallest absolute Gasteiger partial charge is 0.134 e. The summed E-state index contributed by atoms with van der Waals surface area (Å²) in [6.45, 7) is 0. The molecule has 108 valence electrons. The maximum atomic E-state index is 6.29. The normalized spacial score (nSPS) is 12.8. The summed E-state index contributed by atoms with van der Waals surface area (Å²) in [5, 5.41) is 6.06. The van der Waals surface area contributed by atoms with E-state index in [-0.39, 0.29) is 6.04 Å². The Morgan fingerprint density at radius 2 is 1.67 bits per heavy atom. The highest BCUT2D eigenvalue weighted by atomic mass is 35.5. The number of nitrogens with one attached hydrogen (secondary N) is 1. The van der Waals surface area contributed by atoms with Crippen LogP contribution >= 0.6 is 34.8 Å². The maximum Gasteiger partial charge on any atom is 0.134 e. The van der Waals surface area contributed by atoms with Crippen LogP contribution in [0.3, 0.4) is 0 Å². The van der Waals surface area contributed by atoms with E-state index in [0.29, 0.717) is 15.1 Å². The minimum Gasteiger partial charge on any atom is -0.459 e. The molecule has 0 bridgehead atoms. The van der Waals surface area contributed by atoms with Crippen molar-refractivity contribution in [3.63, 3.8) is 0 Å². The molecule has 0 saturated heterocycles. The number of hydrogen-bond acceptors (Lipinski definition) is 2. The van der Waals surface area contributed by atoms with Gasteiger partial charge >= 0.3 is 0 Å². The Balaban J connectivity index is 2.09. The topological polar surface area (TPSA) is 25.2 Å². The van der Waals surface area contributed by atoms with Crippen molar-refractivity contribution in [1.29, 1.82) is 0 Å². The van der Waals surface area contributed by atoms with Crippen LogP contribution in [0.2, 0.25) is 15.1 Å². The van der Waals surface area contributed by atoms with E-state index in [0.717, 1.165) is 22.3 Å². The standard InChI is InChI=1S/C16H12Cl3NO/c1-20-16(12-4-2-11(18)8-13(12)19)15-7-9-6-10(17)3-5-14(9)21-15/h2-8,16,20H,1H3. The Morgan fingerprint density at radius 1 is 0.952 bits per heavy atom. The van der Waals surface area contributed by atoms with Crippen molar-refractivity contribution in [3.8, 4) is 0 Å². The zero-order chi connectivity index (χ0) is 15.0. The molecule has 5 heteroatoms. The lowest BCUT2D eigenvalue weighted by Gasteiger charge is -2.15. The molecule has 0 saturated carbocycles. The van der Waals surface area contributed by atoms with E-state index in [1.807, 2.05) is 37.4 Å². The third kappa shape index (κ3) is 2.90. The monoisotopic (exact) mass is 339 g/mol. The van der Waals surface area contributed by atoms with Crippen LogP contribution < -0.4 is 5.32 Å². The number of furan rings is 1. The van der Waals surface area contributed by atoms with Gasteiger partial charge in [0.1, 0.15) is 11.3 Å². The van der Waals surface area contributed by atoms with E-state index in [4.69, 9.17) is 39.2 Å². The summed E-state index contributed by atoms with van der Waals surface area (Å²) in [7, 11) is 1.86. The fourth-order valence-electron chi connectivity index (χ4n) is 2.36. The highest BCUT2D eigenvalue weighted by Crippen LogP contribution is 2.33. The third-order valence-electron chi connectivity index (χ3n) is 3.34. The molecule has 3 rings (SSSR count).